The van der Waals surface area contributed by atoms with Crippen LogP contribution in [0.3, 0.4) is 0 Å². The van der Waals surface area contributed by atoms with Crippen LogP contribution in [0.1, 0.15) is 26.3 Å². The predicted octanol–water partition coefficient (Wildman–Crippen LogP) is 3.19. The van der Waals surface area contributed by atoms with Gasteiger partial charge in [-0.25, -0.2) is 9.79 Å². The molecular weight excluding hydrogens is 326 g/mol. The van der Waals surface area contributed by atoms with Gasteiger partial charge in [0.1, 0.15) is 10.3 Å². The molecule has 1 aromatic rings. The van der Waals surface area contributed by atoms with E-state index < -0.39 is 11.2 Å². The van der Waals surface area contributed by atoms with E-state index in [4.69, 9.17) is 9.47 Å². The SMILES string of the molecule is CCOC(=O)/C=C1\N=C(c2ccccc2)C(C)C(C(=O)OCC)S1. The molecule has 0 amide bonds. The van der Waals surface area contributed by atoms with Crippen LogP contribution in [-0.4, -0.2) is 36.1 Å². The molecule has 5 nitrogen and oxygen atoms in total. The molecular formula is C18H21NO4S. The Kier molecular flexibility index (Phi) is 6.61. The molecule has 1 aromatic carbocycles. The Hall–Kier alpha value is -2.08. The first-order valence-corrected chi connectivity index (χ1v) is 8.80. The standard InChI is InChI=1S/C18H21NO4S/c1-4-22-15(20)11-14-19-16(13-9-7-6-8-10-13)12(3)17(24-14)18(21)23-5-2/h6-12,17H,4-5H2,1-3H3/b14-11+. The van der Waals surface area contributed by atoms with E-state index in [1.54, 1.807) is 13.8 Å². The van der Waals surface area contributed by atoms with E-state index in [-0.39, 0.29) is 11.9 Å². The Morgan fingerprint density at radius 1 is 1.17 bits per heavy atom. The molecule has 1 heterocycles. The van der Waals surface area contributed by atoms with Gasteiger partial charge in [0.2, 0.25) is 0 Å². The quantitative estimate of drug-likeness (QED) is 0.604. The van der Waals surface area contributed by atoms with Crippen molar-refractivity contribution in [2.45, 2.75) is 26.0 Å². The Balaban J connectivity index is 2.39. The average molecular weight is 347 g/mol. The van der Waals surface area contributed by atoms with E-state index in [1.165, 1.54) is 17.8 Å². The zero-order valence-corrected chi connectivity index (χ0v) is 14.8. The fourth-order valence-corrected chi connectivity index (χ4v) is 3.46. The first-order valence-electron chi connectivity index (χ1n) is 7.92. The molecule has 0 spiro atoms. The summed E-state index contributed by atoms with van der Waals surface area (Å²) >= 11 is 1.24. The Bertz CT molecular complexity index is 654. The van der Waals surface area contributed by atoms with Crippen LogP contribution in [0.4, 0.5) is 0 Å². The number of aliphatic imine (C=N–C) groups is 1. The summed E-state index contributed by atoms with van der Waals surface area (Å²) in [7, 11) is 0. The maximum atomic E-state index is 12.3. The summed E-state index contributed by atoms with van der Waals surface area (Å²) in [4.78, 5) is 28.6. The van der Waals surface area contributed by atoms with E-state index in [0.29, 0.717) is 18.2 Å². The summed E-state index contributed by atoms with van der Waals surface area (Å²) in [6.45, 7) is 6.07. The molecule has 2 unspecified atom stereocenters. The summed E-state index contributed by atoms with van der Waals surface area (Å²) in [5.41, 5.74) is 1.69. The van der Waals surface area contributed by atoms with E-state index >= 15 is 0 Å². The molecule has 0 saturated carbocycles. The van der Waals surface area contributed by atoms with Crippen LogP contribution in [0.25, 0.3) is 0 Å². The minimum Gasteiger partial charge on any atom is -0.465 e. The van der Waals surface area contributed by atoms with Crippen molar-refractivity contribution in [1.29, 1.82) is 0 Å². The smallest absolute Gasteiger partial charge is 0.333 e. The molecule has 24 heavy (non-hydrogen) atoms. The highest BCUT2D eigenvalue weighted by Crippen LogP contribution is 2.36. The molecule has 0 bridgehead atoms. The summed E-state index contributed by atoms with van der Waals surface area (Å²) in [6, 6.07) is 9.64. The van der Waals surface area contributed by atoms with Gasteiger partial charge in [-0.2, -0.15) is 0 Å². The second kappa shape index (κ2) is 8.68. The van der Waals surface area contributed by atoms with Crippen molar-refractivity contribution in [3.63, 3.8) is 0 Å². The molecule has 128 valence electrons. The van der Waals surface area contributed by atoms with Crippen LogP contribution in [0.2, 0.25) is 0 Å². The van der Waals surface area contributed by atoms with Crippen molar-refractivity contribution in [1.82, 2.24) is 0 Å². The maximum absolute atomic E-state index is 12.3. The molecule has 2 atom stereocenters. The third-order valence-electron chi connectivity index (χ3n) is 3.48. The molecule has 1 aliphatic rings. The number of nitrogens with zero attached hydrogens (tertiary/aromatic N) is 1. The van der Waals surface area contributed by atoms with Crippen molar-refractivity contribution in [2.24, 2.45) is 10.9 Å². The number of hydrogen-bond donors (Lipinski definition) is 0. The lowest BCUT2D eigenvalue weighted by Crippen LogP contribution is -2.35. The first-order chi connectivity index (χ1) is 11.6. The minimum atomic E-state index is -0.465. The number of esters is 2. The van der Waals surface area contributed by atoms with Crippen molar-refractivity contribution in [3.05, 3.63) is 47.0 Å². The second-order valence-electron chi connectivity index (χ2n) is 5.18. The third-order valence-corrected chi connectivity index (χ3v) is 4.79. The number of thioether (sulfide) groups is 1. The van der Waals surface area contributed by atoms with Gasteiger partial charge < -0.3 is 9.47 Å². The van der Waals surface area contributed by atoms with Crippen LogP contribution >= 0.6 is 11.8 Å². The molecule has 0 N–H and O–H groups in total. The first kappa shape index (κ1) is 18.3. The summed E-state index contributed by atoms with van der Waals surface area (Å²) < 4.78 is 10.1. The molecule has 0 aromatic heterocycles. The number of rotatable bonds is 5. The zero-order chi connectivity index (χ0) is 17.5. The lowest BCUT2D eigenvalue weighted by Gasteiger charge is -2.28. The Morgan fingerprint density at radius 2 is 1.83 bits per heavy atom. The molecule has 0 radical (unpaired) electrons. The Labute approximate surface area is 146 Å². The molecule has 0 saturated heterocycles. The topological polar surface area (TPSA) is 65.0 Å². The summed E-state index contributed by atoms with van der Waals surface area (Å²) in [5.74, 6) is -0.891. The maximum Gasteiger partial charge on any atom is 0.333 e. The summed E-state index contributed by atoms with van der Waals surface area (Å²) in [6.07, 6.45) is 1.33. The highest BCUT2D eigenvalue weighted by Gasteiger charge is 2.36. The van der Waals surface area contributed by atoms with Gasteiger partial charge in [-0.3, -0.25) is 4.79 Å². The van der Waals surface area contributed by atoms with Crippen LogP contribution in [0.15, 0.2) is 46.4 Å². The number of ether oxygens (including phenoxy) is 2. The van der Waals surface area contributed by atoms with E-state index in [1.807, 2.05) is 37.3 Å². The van der Waals surface area contributed by atoms with Gasteiger partial charge in [0.15, 0.2) is 0 Å². The van der Waals surface area contributed by atoms with E-state index in [0.717, 1.165) is 11.3 Å². The lowest BCUT2D eigenvalue weighted by atomic mass is 9.94. The Morgan fingerprint density at radius 3 is 2.46 bits per heavy atom. The van der Waals surface area contributed by atoms with Crippen LogP contribution in [0.5, 0.6) is 0 Å². The number of carbonyl (C=O) groups is 2. The average Bonchev–Trinajstić information content (AvgIpc) is 2.57. The molecule has 6 heteroatoms. The van der Waals surface area contributed by atoms with Gasteiger partial charge in [0.25, 0.3) is 0 Å². The van der Waals surface area contributed by atoms with Crippen LogP contribution in [-0.2, 0) is 19.1 Å². The lowest BCUT2D eigenvalue weighted by molar-refractivity contribution is -0.143. The van der Waals surface area contributed by atoms with Crippen LogP contribution < -0.4 is 0 Å². The second-order valence-corrected chi connectivity index (χ2v) is 6.34. The highest BCUT2D eigenvalue weighted by molar-refractivity contribution is 8.04. The van der Waals surface area contributed by atoms with Gasteiger partial charge >= 0.3 is 11.9 Å². The van der Waals surface area contributed by atoms with Gasteiger partial charge in [0.05, 0.1) is 25.0 Å². The highest BCUT2D eigenvalue weighted by atomic mass is 32.2. The largest absolute Gasteiger partial charge is 0.465 e. The normalized spacial score (nSPS) is 22.0. The van der Waals surface area contributed by atoms with Crippen molar-refractivity contribution >= 4 is 29.4 Å². The van der Waals surface area contributed by atoms with Crippen molar-refractivity contribution in [2.75, 3.05) is 13.2 Å². The van der Waals surface area contributed by atoms with E-state index in [2.05, 4.69) is 4.99 Å². The molecule has 0 fully saturated rings. The number of benzene rings is 1. The third kappa shape index (κ3) is 4.47. The number of hydrogen-bond acceptors (Lipinski definition) is 6. The van der Waals surface area contributed by atoms with Gasteiger partial charge in [0, 0.05) is 5.92 Å². The van der Waals surface area contributed by atoms with Gasteiger partial charge in [-0.15, -0.1) is 0 Å². The molecule has 1 aliphatic heterocycles. The number of carbonyl (C=O) groups excluding carboxylic acids is 2. The fraction of sp³-hybridized carbons (Fsp3) is 0.389. The zero-order valence-electron chi connectivity index (χ0n) is 14.0. The molecule has 0 aliphatic carbocycles. The summed E-state index contributed by atoms with van der Waals surface area (Å²) in [5, 5.41) is 0.0155. The molecule has 2 rings (SSSR count). The monoisotopic (exact) mass is 347 g/mol. The van der Waals surface area contributed by atoms with E-state index in [9.17, 15) is 9.59 Å². The fourth-order valence-electron chi connectivity index (χ4n) is 2.39. The minimum absolute atomic E-state index is 0.129. The predicted molar refractivity (Wildman–Crippen MR) is 94.9 cm³/mol. The van der Waals surface area contributed by atoms with Crippen LogP contribution in [0, 0.1) is 5.92 Å². The van der Waals surface area contributed by atoms with Gasteiger partial charge in [-0.1, -0.05) is 49.0 Å². The van der Waals surface area contributed by atoms with Crippen molar-refractivity contribution < 1.29 is 19.1 Å². The van der Waals surface area contributed by atoms with Crippen molar-refractivity contribution in [3.8, 4) is 0 Å². The van der Waals surface area contributed by atoms with Gasteiger partial charge in [-0.05, 0) is 19.4 Å².